The van der Waals surface area contributed by atoms with E-state index in [1.807, 2.05) is 11.9 Å². The van der Waals surface area contributed by atoms with Gasteiger partial charge in [-0.3, -0.25) is 4.90 Å². The third-order valence-corrected chi connectivity index (χ3v) is 3.56. The first kappa shape index (κ1) is 14.7. The monoisotopic (exact) mass is 249 g/mol. The molecule has 18 heavy (non-hydrogen) atoms. The summed E-state index contributed by atoms with van der Waals surface area (Å²) >= 11 is 0. The fraction of sp³-hybridized carbons (Fsp3) is 0.533. The van der Waals surface area contributed by atoms with E-state index < -0.39 is 0 Å². The topological polar surface area (TPSA) is 29.5 Å². The quantitative estimate of drug-likeness (QED) is 0.724. The van der Waals surface area contributed by atoms with Gasteiger partial charge in [-0.15, -0.1) is 0 Å². The van der Waals surface area contributed by atoms with Crippen LogP contribution in [0, 0.1) is 20.8 Å². The van der Waals surface area contributed by atoms with Gasteiger partial charge in [0.2, 0.25) is 0 Å². The number of likely N-dealkylation sites (N-methyl/N-ethyl adjacent to an activating group) is 1. The average Bonchev–Trinajstić information content (AvgIpc) is 2.34. The van der Waals surface area contributed by atoms with Crippen LogP contribution in [-0.4, -0.2) is 38.4 Å². The maximum Gasteiger partial charge on any atom is 0.133 e. The largest absolute Gasteiger partial charge is 0.496 e. The van der Waals surface area contributed by atoms with E-state index >= 15 is 0 Å². The molecule has 1 aromatic carbocycles. The van der Waals surface area contributed by atoms with Gasteiger partial charge in [0.15, 0.2) is 0 Å². The van der Waals surface area contributed by atoms with E-state index in [2.05, 4.69) is 26.8 Å². The Morgan fingerprint density at radius 3 is 2.50 bits per heavy atom. The molecule has 0 aliphatic carbocycles. The molecule has 0 atom stereocenters. The van der Waals surface area contributed by atoms with Gasteiger partial charge in [0.25, 0.3) is 0 Å². The molecule has 0 N–H and O–H groups in total. The summed E-state index contributed by atoms with van der Waals surface area (Å²) in [6, 6.07) is 2.09. The third-order valence-electron chi connectivity index (χ3n) is 3.56. The first-order chi connectivity index (χ1) is 8.51. The lowest BCUT2D eigenvalue weighted by Gasteiger charge is -2.18. The molecule has 0 unspecified atom stereocenters. The molecule has 0 bridgehead atoms. The molecule has 0 amide bonds. The van der Waals surface area contributed by atoms with Crippen molar-refractivity contribution in [2.24, 2.45) is 0 Å². The Labute approximate surface area is 110 Å². The number of hydrogen-bond acceptors (Lipinski definition) is 3. The molecule has 3 heteroatoms. The number of methoxy groups -OCH3 is 1. The summed E-state index contributed by atoms with van der Waals surface area (Å²) in [5, 5.41) is 0. The van der Waals surface area contributed by atoms with Crippen LogP contribution >= 0.6 is 0 Å². The van der Waals surface area contributed by atoms with Gasteiger partial charge < -0.3 is 9.53 Å². The highest BCUT2D eigenvalue weighted by atomic mass is 16.5. The molecule has 0 spiro atoms. The predicted octanol–water partition coefficient (Wildman–Crippen LogP) is 2.29. The van der Waals surface area contributed by atoms with Gasteiger partial charge in [0, 0.05) is 6.54 Å². The highest BCUT2D eigenvalue weighted by molar-refractivity contribution is 5.52. The van der Waals surface area contributed by atoms with Crippen LogP contribution in [0.25, 0.3) is 0 Å². The van der Waals surface area contributed by atoms with E-state index in [0.717, 1.165) is 25.0 Å². The normalized spacial score (nSPS) is 10.8. The average molecular weight is 249 g/mol. The summed E-state index contributed by atoms with van der Waals surface area (Å²) in [5.41, 5.74) is 5.13. The van der Waals surface area contributed by atoms with Gasteiger partial charge in [-0.2, -0.15) is 0 Å². The van der Waals surface area contributed by atoms with Crippen molar-refractivity contribution in [1.29, 1.82) is 0 Å². The van der Waals surface area contributed by atoms with Gasteiger partial charge >= 0.3 is 0 Å². The standard InChI is InChI=1S/C15H23NO2/c1-11-10-15(18-5)13(3)12(2)14(11)6-7-16(4)8-9-17/h9-10H,6-8H2,1-5H3. The van der Waals surface area contributed by atoms with Crippen LogP contribution in [0.15, 0.2) is 6.07 Å². The maximum absolute atomic E-state index is 10.4. The molecular weight excluding hydrogens is 226 g/mol. The number of aldehydes is 1. The van der Waals surface area contributed by atoms with Gasteiger partial charge in [0.05, 0.1) is 13.7 Å². The molecule has 0 radical (unpaired) electrons. The van der Waals surface area contributed by atoms with Gasteiger partial charge in [-0.1, -0.05) is 0 Å². The molecule has 0 saturated heterocycles. The minimum absolute atomic E-state index is 0.493. The SMILES string of the molecule is COc1cc(C)c(CCN(C)CC=O)c(C)c1C. The van der Waals surface area contributed by atoms with E-state index in [-0.39, 0.29) is 0 Å². The number of hydrogen-bond donors (Lipinski definition) is 0. The van der Waals surface area contributed by atoms with Crippen molar-refractivity contribution >= 4 is 6.29 Å². The molecule has 0 aliphatic heterocycles. The van der Waals surface area contributed by atoms with E-state index in [9.17, 15) is 4.79 Å². The lowest BCUT2D eigenvalue weighted by molar-refractivity contribution is -0.108. The van der Waals surface area contributed by atoms with E-state index in [1.165, 1.54) is 22.3 Å². The number of carbonyl (C=O) groups is 1. The molecule has 100 valence electrons. The van der Waals surface area contributed by atoms with E-state index in [0.29, 0.717) is 6.54 Å². The number of nitrogens with zero attached hydrogens (tertiary/aromatic N) is 1. The predicted molar refractivity (Wildman–Crippen MR) is 74.5 cm³/mol. The van der Waals surface area contributed by atoms with E-state index in [4.69, 9.17) is 4.74 Å². The van der Waals surface area contributed by atoms with Crippen molar-refractivity contribution in [3.63, 3.8) is 0 Å². The van der Waals surface area contributed by atoms with Crippen molar-refractivity contribution in [2.75, 3.05) is 27.2 Å². The lowest BCUT2D eigenvalue weighted by atomic mass is 9.95. The summed E-state index contributed by atoms with van der Waals surface area (Å²) in [4.78, 5) is 12.5. The summed E-state index contributed by atoms with van der Waals surface area (Å²) < 4.78 is 5.37. The highest BCUT2D eigenvalue weighted by Crippen LogP contribution is 2.27. The van der Waals surface area contributed by atoms with Crippen LogP contribution in [0.2, 0.25) is 0 Å². The zero-order chi connectivity index (χ0) is 13.7. The van der Waals surface area contributed by atoms with E-state index in [1.54, 1.807) is 7.11 Å². The van der Waals surface area contributed by atoms with Crippen LogP contribution < -0.4 is 4.74 Å². The Kier molecular flexibility index (Phi) is 5.35. The molecular formula is C15H23NO2. The molecule has 0 saturated carbocycles. The Hall–Kier alpha value is -1.35. The summed E-state index contributed by atoms with van der Waals surface area (Å²) in [5.74, 6) is 0.954. The van der Waals surface area contributed by atoms with Gasteiger partial charge in [0.1, 0.15) is 12.0 Å². The van der Waals surface area contributed by atoms with Crippen molar-refractivity contribution in [3.8, 4) is 5.75 Å². The zero-order valence-electron chi connectivity index (χ0n) is 12.0. The third kappa shape index (κ3) is 3.33. The summed E-state index contributed by atoms with van der Waals surface area (Å²) in [6.07, 6.45) is 1.91. The van der Waals surface area contributed by atoms with Gasteiger partial charge in [-0.25, -0.2) is 0 Å². The smallest absolute Gasteiger partial charge is 0.133 e. The molecule has 0 fully saturated rings. The fourth-order valence-corrected chi connectivity index (χ4v) is 2.22. The second kappa shape index (κ2) is 6.55. The van der Waals surface area contributed by atoms with Crippen LogP contribution in [0.3, 0.4) is 0 Å². The van der Waals surface area contributed by atoms with Crippen molar-refractivity contribution < 1.29 is 9.53 Å². The lowest BCUT2D eigenvalue weighted by Crippen LogP contribution is -2.23. The van der Waals surface area contributed by atoms with Crippen molar-refractivity contribution in [2.45, 2.75) is 27.2 Å². The van der Waals surface area contributed by atoms with Crippen LogP contribution in [0.5, 0.6) is 5.75 Å². The van der Waals surface area contributed by atoms with Crippen molar-refractivity contribution in [3.05, 3.63) is 28.3 Å². The first-order valence-corrected chi connectivity index (χ1v) is 6.27. The Balaban J connectivity index is 2.89. The Bertz CT molecular complexity index is 427. The number of ether oxygens (including phenoxy) is 1. The molecule has 0 aromatic heterocycles. The summed E-state index contributed by atoms with van der Waals surface area (Å²) in [6.45, 7) is 7.73. The van der Waals surface area contributed by atoms with Crippen LogP contribution in [0.1, 0.15) is 22.3 Å². The minimum Gasteiger partial charge on any atom is -0.496 e. The molecule has 0 heterocycles. The molecule has 3 nitrogen and oxygen atoms in total. The summed E-state index contributed by atoms with van der Waals surface area (Å²) in [7, 11) is 3.67. The molecule has 1 aromatic rings. The second-order valence-electron chi connectivity index (χ2n) is 4.80. The Morgan fingerprint density at radius 2 is 1.94 bits per heavy atom. The number of rotatable bonds is 6. The van der Waals surface area contributed by atoms with Gasteiger partial charge in [-0.05, 0) is 62.6 Å². The molecule has 0 aliphatic rings. The second-order valence-corrected chi connectivity index (χ2v) is 4.80. The fourth-order valence-electron chi connectivity index (χ4n) is 2.22. The van der Waals surface area contributed by atoms with Crippen LogP contribution in [-0.2, 0) is 11.2 Å². The molecule has 1 rings (SSSR count). The Morgan fingerprint density at radius 1 is 1.28 bits per heavy atom. The maximum atomic E-state index is 10.4. The first-order valence-electron chi connectivity index (χ1n) is 6.27. The zero-order valence-corrected chi connectivity index (χ0v) is 12.0. The number of aryl methyl sites for hydroxylation is 1. The highest BCUT2D eigenvalue weighted by Gasteiger charge is 2.11. The number of benzene rings is 1. The van der Waals surface area contributed by atoms with Crippen molar-refractivity contribution in [1.82, 2.24) is 4.90 Å². The minimum atomic E-state index is 0.493. The number of carbonyl (C=O) groups excluding carboxylic acids is 1. The van der Waals surface area contributed by atoms with Crippen LogP contribution in [0.4, 0.5) is 0 Å².